The maximum absolute atomic E-state index is 12.5. The molecule has 4 aliphatic rings. The quantitative estimate of drug-likeness (QED) is 0.623. The van der Waals surface area contributed by atoms with Crippen molar-refractivity contribution in [3.05, 3.63) is 0 Å². The highest BCUT2D eigenvalue weighted by Crippen LogP contribution is 2.55. The molecule has 4 bridgehead atoms. The average molecular weight is 322 g/mol. The molecule has 3 N–H and O–H groups in total. The van der Waals surface area contributed by atoms with Crippen LogP contribution in [-0.2, 0) is 9.59 Å². The molecule has 4 aliphatic carbocycles. The van der Waals surface area contributed by atoms with E-state index in [1.165, 1.54) is 38.5 Å². The molecule has 1 atom stereocenters. The van der Waals surface area contributed by atoms with Crippen molar-refractivity contribution in [2.45, 2.75) is 57.4 Å². The van der Waals surface area contributed by atoms with Crippen molar-refractivity contribution in [2.24, 2.45) is 17.8 Å². The Morgan fingerprint density at radius 1 is 1.00 bits per heavy atom. The van der Waals surface area contributed by atoms with E-state index in [1.807, 2.05) is 14.0 Å². The Morgan fingerprint density at radius 2 is 1.52 bits per heavy atom. The third kappa shape index (κ3) is 4.06. The molecule has 4 rings (SSSR count). The third-order valence-corrected chi connectivity index (χ3v) is 5.94. The molecule has 0 aromatic rings. The minimum Gasteiger partial charge on any atom is -0.351 e. The Hall–Kier alpha value is -1.10. The minimum absolute atomic E-state index is 0.0342. The molecule has 0 spiro atoms. The van der Waals surface area contributed by atoms with E-state index < -0.39 is 0 Å². The predicted molar refractivity (Wildman–Crippen MR) is 89.0 cm³/mol. The van der Waals surface area contributed by atoms with Crippen LogP contribution < -0.4 is 15.5 Å². The van der Waals surface area contributed by atoms with E-state index in [0.717, 1.165) is 29.1 Å². The highest BCUT2D eigenvalue weighted by atomic mass is 16.2. The summed E-state index contributed by atoms with van der Waals surface area (Å²) in [5.74, 6) is 2.67. The SMILES string of the molecule is CCCNC(=O)C[NH+](C)CC(=O)NC12CC3CC(CC(C3)C1)C2. The summed E-state index contributed by atoms with van der Waals surface area (Å²) >= 11 is 0. The third-order valence-electron chi connectivity index (χ3n) is 5.94. The summed E-state index contributed by atoms with van der Waals surface area (Å²) in [4.78, 5) is 25.2. The molecule has 0 heterocycles. The highest BCUT2D eigenvalue weighted by Gasteiger charge is 2.51. The van der Waals surface area contributed by atoms with Gasteiger partial charge in [0.15, 0.2) is 13.1 Å². The zero-order chi connectivity index (χ0) is 16.4. The van der Waals surface area contributed by atoms with Crippen LogP contribution in [0.2, 0.25) is 0 Å². The summed E-state index contributed by atoms with van der Waals surface area (Å²) in [5, 5.41) is 6.25. The van der Waals surface area contributed by atoms with Crippen molar-refractivity contribution < 1.29 is 14.5 Å². The maximum atomic E-state index is 12.5. The lowest BCUT2D eigenvalue weighted by molar-refractivity contribution is -0.862. The standard InChI is InChI=1S/C18H31N3O2/c1-3-4-19-16(22)11-21(2)12-17(23)20-18-8-13-5-14(9-18)7-15(6-13)10-18/h13-15H,3-12H2,1-2H3,(H,19,22)(H,20,23)/p+1. The Balaban J connectivity index is 1.47. The largest absolute Gasteiger partial charge is 0.351 e. The number of likely N-dealkylation sites (N-methyl/N-ethyl adjacent to an activating group) is 1. The topological polar surface area (TPSA) is 62.6 Å². The van der Waals surface area contributed by atoms with Gasteiger partial charge in [-0.15, -0.1) is 0 Å². The van der Waals surface area contributed by atoms with Gasteiger partial charge in [-0.2, -0.15) is 0 Å². The number of hydrogen-bond donors (Lipinski definition) is 3. The molecule has 0 radical (unpaired) electrons. The number of carbonyl (C=O) groups is 2. The second kappa shape index (κ2) is 6.80. The van der Waals surface area contributed by atoms with Crippen LogP contribution in [0.5, 0.6) is 0 Å². The van der Waals surface area contributed by atoms with Crippen LogP contribution in [0.4, 0.5) is 0 Å². The van der Waals surface area contributed by atoms with E-state index in [9.17, 15) is 9.59 Å². The van der Waals surface area contributed by atoms with Gasteiger partial charge < -0.3 is 15.5 Å². The van der Waals surface area contributed by atoms with E-state index in [-0.39, 0.29) is 17.4 Å². The van der Waals surface area contributed by atoms with Crippen LogP contribution in [0.15, 0.2) is 0 Å². The van der Waals surface area contributed by atoms with Crippen LogP contribution in [0.3, 0.4) is 0 Å². The zero-order valence-electron chi connectivity index (χ0n) is 14.6. The van der Waals surface area contributed by atoms with Crippen molar-refractivity contribution in [1.82, 2.24) is 10.6 Å². The van der Waals surface area contributed by atoms with E-state index in [0.29, 0.717) is 19.6 Å². The molecule has 0 aliphatic heterocycles. The molecule has 1 unspecified atom stereocenters. The Bertz CT molecular complexity index is 428. The first-order valence-electron chi connectivity index (χ1n) is 9.37. The van der Waals surface area contributed by atoms with Crippen molar-refractivity contribution in [3.63, 3.8) is 0 Å². The molecule has 2 amide bonds. The van der Waals surface area contributed by atoms with Crippen LogP contribution in [0, 0.1) is 17.8 Å². The maximum Gasteiger partial charge on any atom is 0.275 e. The fraction of sp³-hybridized carbons (Fsp3) is 0.889. The molecular formula is C18H32N3O2+. The lowest BCUT2D eigenvalue weighted by atomic mass is 9.53. The fourth-order valence-electron chi connectivity index (χ4n) is 5.54. The molecule has 0 aromatic carbocycles. The van der Waals surface area contributed by atoms with Crippen molar-refractivity contribution in [3.8, 4) is 0 Å². The van der Waals surface area contributed by atoms with Gasteiger partial charge in [0.25, 0.3) is 11.8 Å². The van der Waals surface area contributed by atoms with E-state index in [4.69, 9.17) is 0 Å². The van der Waals surface area contributed by atoms with Crippen LogP contribution >= 0.6 is 0 Å². The first-order valence-corrected chi connectivity index (χ1v) is 9.37. The lowest BCUT2D eigenvalue weighted by Crippen LogP contribution is -3.11. The van der Waals surface area contributed by atoms with Crippen molar-refractivity contribution >= 4 is 11.8 Å². The normalized spacial score (nSPS) is 35.8. The van der Waals surface area contributed by atoms with Crippen LogP contribution in [0.25, 0.3) is 0 Å². The summed E-state index contributed by atoms with van der Waals surface area (Å²) in [6.45, 7) is 3.51. The van der Waals surface area contributed by atoms with Gasteiger partial charge >= 0.3 is 0 Å². The molecule has 130 valence electrons. The second-order valence-corrected chi connectivity index (χ2v) is 8.41. The minimum atomic E-state index is 0.0342. The molecule has 23 heavy (non-hydrogen) atoms. The zero-order valence-corrected chi connectivity index (χ0v) is 14.6. The highest BCUT2D eigenvalue weighted by molar-refractivity contribution is 5.79. The van der Waals surface area contributed by atoms with Gasteiger partial charge in [0, 0.05) is 12.1 Å². The number of carbonyl (C=O) groups excluding carboxylic acids is 2. The molecule has 4 fully saturated rings. The molecule has 5 nitrogen and oxygen atoms in total. The van der Waals surface area contributed by atoms with Gasteiger partial charge in [0.2, 0.25) is 0 Å². The summed E-state index contributed by atoms with van der Waals surface area (Å²) in [7, 11) is 1.92. The molecular weight excluding hydrogens is 290 g/mol. The predicted octanol–water partition coefficient (Wildman–Crippen LogP) is 0.112. The summed E-state index contributed by atoms with van der Waals surface area (Å²) in [6.07, 6.45) is 8.65. The smallest absolute Gasteiger partial charge is 0.275 e. The van der Waals surface area contributed by atoms with Gasteiger partial charge in [-0.1, -0.05) is 6.92 Å². The Labute approximate surface area is 139 Å². The summed E-state index contributed by atoms with van der Waals surface area (Å²) in [5.41, 5.74) is 0.0799. The number of quaternary nitrogens is 1. The van der Waals surface area contributed by atoms with Gasteiger partial charge in [-0.25, -0.2) is 0 Å². The summed E-state index contributed by atoms with van der Waals surface area (Å²) in [6, 6.07) is 0. The van der Waals surface area contributed by atoms with Gasteiger partial charge in [-0.3, -0.25) is 9.59 Å². The van der Waals surface area contributed by atoms with Gasteiger partial charge in [0.05, 0.1) is 7.05 Å². The second-order valence-electron chi connectivity index (χ2n) is 8.41. The lowest BCUT2D eigenvalue weighted by Gasteiger charge is -2.56. The Kier molecular flexibility index (Phi) is 4.95. The van der Waals surface area contributed by atoms with E-state index in [1.54, 1.807) is 0 Å². The number of hydrogen-bond acceptors (Lipinski definition) is 2. The molecule has 5 heteroatoms. The first-order chi connectivity index (χ1) is 11.0. The van der Waals surface area contributed by atoms with Gasteiger partial charge in [-0.05, 0) is 62.7 Å². The molecule has 0 aromatic heterocycles. The van der Waals surface area contributed by atoms with Crippen molar-refractivity contribution in [2.75, 3.05) is 26.7 Å². The number of rotatable bonds is 7. The Morgan fingerprint density at radius 3 is 2.04 bits per heavy atom. The summed E-state index contributed by atoms with van der Waals surface area (Å²) < 4.78 is 0. The number of nitrogens with one attached hydrogen (secondary N) is 3. The van der Waals surface area contributed by atoms with Crippen molar-refractivity contribution in [1.29, 1.82) is 0 Å². The first kappa shape index (κ1) is 16.7. The van der Waals surface area contributed by atoms with Gasteiger partial charge in [0.1, 0.15) is 0 Å². The fourth-order valence-corrected chi connectivity index (χ4v) is 5.54. The molecule has 0 saturated heterocycles. The van der Waals surface area contributed by atoms with Crippen LogP contribution in [-0.4, -0.2) is 44.0 Å². The molecule has 4 saturated carbocycles. The average Bonchev–Trinajstić information content (AvgIpc) is 2.42. The number of amides is 2. The van der Waals surface area contributed by atoms with Crippen LogP contribution in [0.1, 0.15) is 51.9 Å². The monoisotopic (exact) mass is 322 g/mol. The van der Waals surface area contributed by atoms with E-state index >= 15 is 0 Å². The van der Waals surface area contributed by atoms with E-state index in [2.05, 4.69) is 10.6 Å².